The Kier molecular flexibility index (Phi) is 5.32. The first-order valence-electron chi connectivity index (χ1n) is 7.83. The number of rotatable bonds is 2. The van der Waals surface area contributed by atoms with E-state index in [-0.39, 0.29) is 6.03 Å². The third kappa shape index (κ3) is 3.98. The molecule has 2 aromatic carbocycles. The third-order valence-corrected chi connectivity index (χ3v) is 4.89. The van der Waals surface area contributed by atoms with E-state index < -0.39 is 0 Å². The zero-order chi connectivity index (χ0) is 17.8. The molecule has 0 atom stereocenters. The molecule has 25 heavy (non-hydrogen) atoms. The Bertz CT molecular complexity index is 826. The van der Waals surface area contributed by atoms with Crippen molar-refractivity contribution in [3.63, 3.8) is 0 Å². The maximum absolute atomic E-state index is 12.4. The summed E-state index contributed by atoms with van der Waals surface area (Å²) in [7, 11) is 0. The summed E-state index contributed by atoms with van der Waals surface area (Å²) in [5.74, 6) is 0. The Labute approximate surface area is 156 Å². The van der Waals surface area contributed by atoms with Gasteiger partial charge in [-0.1, -0.05) is 35.3 Å². The Hall–Kier alpha value is -2.42. The van der Waals surface area contributed by atoms with Crippen LogP contribution in [0.3, 0.4) is 0 Å². The average molecular weight is 375 g/mol. The molecule has 0 aromatic heterocycles. The summed E-state index contributed by atoms with van der Waals surface area (Å²) >= 11 is 12.3. The highest BCUT2D eigenvalue weighted by Crippen LogP contribution is 2.32. The van der Waals surface area contributed by atoms with Crippen LogP contribution in [0.2, 0.25) is 10.0 Å². The molecular formula is C18H16Cl2N4O. The van der Waals surface area contributed by atoms with Gasteiger partial charge < -0.3 is 15.1 Å². The van der Waals surface area contributed by atoms with Crippen LogP contribution in [-0.4, -0.2) is 37.1 Å². The first-order chi connectivity index (χ1) is 12.1. The van der Waals surface area contributed by atoms with E-state index in [4.69, 9.17) is 28.5 Å². The highest BCUT2D eigenvalue weighted by Gasteiger charge is 2.23. The van der Waals surface area contributed by atoms with Gasteiger partial charge in [0.15, 0.2) is 0 Å². The number of anilines is 2. The van der Waals surface area contributed by atoms with Gasteiger partial charge in [-0.3, -0.25) is 0 Å². The normalized spacial score (nSPS) is 14.1. The van der Waals surface area contributed by atoms with Crippen LogP contribution >= 0.6 is 23.2 Å². The number of nitriles is 1. The van der Waals surface area contributed by atoms with Gasteiger partial charge >= 0.3 is 6.03 Å². The van der Waals surface area contributed by atoms with Crippen LogP contribution in [0, 0.1) is 11.3 Å². The van der Waals surface area contributed by atoms with Crippen molar-refractivity contribution in [2.75, 3.05) is 36.4 Å². The summed E-state index contributed by atoms with van der Waals surface area (Å²) in [4.78, 5) is 16.3. The molecule has 7 heteroatoms. The summed E-state index contributed by atoms with van der Waals surface area (Å²) < 4.78 is 0. The van der Waals surface area contributed by atoms with E-state index in [2.05, 4.69) is 16.3 Å². The van der Waals surface area contributed by atoms with E-state index in [1.165, 1.54) is 0 Å². The molecule has 3 rings (SSSR count). The van der Waals surface area contributed by atoms with Gasteiger partial charge in [0.2, 0.25) is 0 Å². The molecule has 1 N–H and O–H groups in total. The molecule has 5 nitrogen and oxygen atoms in total. The minimum Gasteiger partial charge on any atom is -0.367 e. The molecular weight excluding hydrogens is 359 g/mol. The topological polar surface area (TPSA) is 59.4 Å². The molecule has 1 saturated heterocycles. The maximum Gasteiger partial charge on any atom is 0.321 e. The molecule has 2 amide bonds. The second kappa shape index (κ2) is 7.64. The molecule has 1 fully saturated rings. The predicted octanol–water partition coefficient (Wildman–Crippen LogP) is 4.22. The van der Waals surface area contributed by atoms with Gasteiger partial charge in [0.05, 0.1) is 27.4 Å². The van der Waals surface area contributed by atoms with Crippen molar-refractivity contribution in [1.82, 2.24) is 4.90 Å². The molecule has 0 unspecified atom stereocenters. The monoisotopic (exact) mass is 374 g/mol. The summed E-state index contributed by atoms with van der Waals surface area (Å²) in [6.45, 7) is 2.50. The quantitative estimate of drug-likeness (QED) is 0.855. The molecule has 2 aromatic rings. The highest BCUT2D eigenvalue weighted by molar-refractivity contribution is 6.43. The van der Waals surface area contributed by atoms with Crippen LogP contribution in [0.4, 0.5) is 16.2 Å². The van der Waals surface area contributed by atoms with Crippen LogP contribution in [0.5, 0.6) is 0 Å². The molecule has 128 valence electrons. The lowest BCUT2D eigenvalue weighted by Crippen LogP contribution is -2.50. The standard InChI is InChI=1S/C18H16Cl2N4O/c19-15-5-2-6-16(17(15)20)23-7-9-24(10-8-23)18(25)22-14-4-1-3-13(11-14)12-21/h1-6,11H,7-10H2,(H,22,25). The number of urea groups is 1. The van der Waals surface area contributed by atoms with Crippen molar-refractivity contribution in [3.05, 3.63) is 58.1 Å². The van der Waals surface area contributed by atoms with Crippen LogP contribution in [0.1, 0.15) is 5.56 Å². The number of hydrogen-bond acceptors (Lipinski definition) is 3. The number of carbonyl (C=O) groups is 1. The fourth-order valence-corrected chi connectivity index (χ4v) is 3.17. The Morgan fingerprint density at radius 3 is 2.52 bits per heavy atom. The molecule has 1 aliphatic heterocycles. The lowest BCUT2D eigenvalue weighted by Gasteiger charge is -2.36. The number of carbonyl (C=O) groups excluding carboxylic acids is 1. The predicted molar refractivity (Wildman–Crippen MR) is 100 cm³/mol. The smallest absolute Gasteiger partial charge is 0.321 e. The first kappa shape index (κ1) is 17.4. The van der Waals surface area contributed by atoms with Crippen LogP contribution in [-0.2, 0) is 0 Å². The third-order valence-electron chi connectivity index (χ3n) is 4.08. The number of nitrogens with zero attached hydrogens (tertiary/aromatic N) is 3. The van der Waals surface area contributed by atoms with E-state index in [0.29, 0.717) is 47.5 Å². The number of piperazine rings is 1. The van der Waals surface area contributed by atoms with Crippen molar-refractivity contribution < 1.29 is 4.79 Å². The zero-order valence-electron chi connectivity index (χ0n) is 13.4. The average Bonchev–Trinajstić information content (AvgIpc) is 2.64. The van der Waals surface area contributed by atoms with Gasteiger partial charge in [0, 0.05) is 31.9 Å². The SMILES string of the molecule is N#Cc1cccc(NC(=O)N2CCN(c3cccc(Cl)c3Cl)CC2)c1. The molecule has 0 spiro atoms. The first-order valence-corrected chi connectivity index (χ1v) is 8.59. The minimum atomic E-state index is -0.174. The van der Waals surface area contributed by atoms with Gasteiger partial charge in [0.1, 0.15) is 0 Å². The van der Waals surface area contributed by atoms with E-state index in [1.807, 2.05) is 12.1 Å². The second-order valence-corrected chi connectivity index (χ2v) is 6.45. The number of amides is 2. The molecule has 1 aliphatic rings. The fourth-order valence-electron chi connectivity index (χ4n) is 2.76. The van der Waals surface area contributed by atoms with Crippen LogP contribution < -0.4 is 10.2 Å². The maximum atomic E-state index is 12.4. The molecule has 0 saturated carbocycles. The van der Waals surface area contributed by atoms with E-state index >= 15 is 0 Å². The number of hydrogen-bond donors (Lipinski definition) is 1. The largest absolute Gasteiger partial charge is 0.367 e. The highest BCUT2D eigenvalue weighted by atomic mass is 35.5. The van der Waals surface area contributed by atoms with Gasteiger partial charge in [-0.25, -0.2) is 4.79 Å². The van der Waals surface area contributed by atoms with E-state index in [1.54, 1.807) is 35.2 Å². The lowest BCUT2D eigenvalue weighted by molar-refractivity contribution is 0.208. The summed E-state index contributed by atoms with van der Waals surface area (Å²) in [6, 6.07) is 14.3. The van der Waals surface area contributed by atoms with Crippen molar-refractivity contribution in [3.8, 4) is 6.07 Å². The van der Waals surface area contributed by atoms with E-state index in [0.717, 1.165) is 5.69 Å². The van der Waals surface area contributed by atoms with Crippen molar-refractivity contribution in [2.24, 2.45) is 0 Å². The molecule has 0 aliphatic carbocycles. The minimum absolute atomic E-state index is 0.174. The van der Waals surface area contributed by atoms with Crippen molar-refractivity contribution >= 4 is 40.6 Å². The Balaban J connectivity index is 1.61. The second-order valence-electron chi connectivity index (χ2n) is 5.67. The Morgan fingerprint density at radius 1 is 1.08 bits per heavy atom. The van der Waals surface area contributed by atoms with Crippen LogP contribution in [0.25, 0.3) is 0 Å². The number of benzene rings is 2. The van der Waals surface area contributed by atoms with Gasteiger partial charge in [0.25, 0.3) is 0 Å². The van der Waals surface area contributed by atoms with Gasteiger partial charge in [-0.2, -0.15) is 5.26 Å². The summed E-state index contributed by atoms with van der Waals surface area (Å²) in [5.41, 5.74) is 2.01. The van der Waals surface area contributed by atoms with Crippen molar-refractivity contribution in [2.45, 2.75) is 0 Å². The fraction of sp³-hybridized carbons (Fsp3) is 0.222. The molecule has 1 heterocycles. The zero-order valence-corrected chi connectivity index (χ0v) is 14.9. The number of halogens is 2. The molecule has 0 radical (unpaired) electrons. The van der Waals surface area contributed by atoms with Gasteiger partial charge in [-0.15, -0.1) is 0 Å². The van der Waals surface area contributed by atoms with Crippen LogP contribution in [0.15, 0.2) is 42.5 Å². The summed E-state index contributed by atoms with van der Waals surface area (Å²) in [5, 5.41) is 12.8. The Morgan fingerprint density at radius 2 is 1.80 bits per heavy atom. The lowest BCUT2D eigenvalue weighted by atomic mass is 10.2. The number of nitrogens with one attached hydrogen (secondary N) is 1. The molecule has 0 bridgehead atoms. The van der Waals surface area contributed by atoms with Crippen molar-refractivity contribution in [1.29, 1.82) is 5.26 Å². The summed E-state index contributed by atoms with van der Waals surface area (Å²) in [6.07, 6.45) is 0. The van der Waals surface area contributed by atoms with Gasteiger partial charge in [-0.05, 0) is 30.3 Å². The van der Waals surface area contributed by atoms with E-state index in [9.17, 15) is 4.79 Å².